The Balaban J connectivity index is 2.10. The number of benzene rings is 1. The van der Waals surface area contributed by atoms with Gasteiger partial charge in [0, 0.05) is 22.4 Å². The number of nitrogen functional groups attached to an aromatic ring is 1. The molecular formula is C13H11BrN2O3. The molecule has 98 valence electrons. The lowest BCUT2D eigenvalue weighted by molar-refractivity contribution is 0.0697. The highest BCUT2D eigenvalue weighted by atomic mass is 79.9. The summed E-state index contributed by atoms with van der Waals surface area (Å²) in [6.07, 6.45) is 3.37. The number of nitrogens with zero attached hydrogens (tertiary/aromatic N) is 1. The Bertz CT molecular complexity index is 617. The van der Waals surface area contributed by atoms with Gasteiger partial charge in [0.15, 0.2) is 0 Å². The molecule has 0 radical (unpaired) electrons. The number of anilines is 1. The number of halogens is 1. The van der Waals surface area contributed by atoms with E-state index in [0.29, 0.717) is 18.0 Å². The van der Waals surface area contributed by atoms with Gasteiger partial charge in [-0.05, 0) is 40.2 Å². The van der Waals surface area contributed by atoms with Gasteiger partial charge in [0.05, 0.1) is 11.3 Å². The molecule has 0 fully saturated rings. The van der Waals surface area contributed by atoms with E-state index in [-0.39, 0.29) is 5.56 Å². The molecule has 0 saturated heterocycles. The number of aromatic nitrogens is 1. The molecule has 1 heterocycles. The summed E-state index contributed by atoms with van der Waals surface area (Å²) in [6.45, 7) is 0.309. The molecule has 0 aliphatic rings. The molecule has 0 atom stereocenters. The second-order valence-corrected chi connectivity index (χ2v) is 4.77. The molecule has 5 nitrogen and oxygen atoms in total. The van der Waals surface area contributed by atoms with Crippen molar-refractivity contribution in [2.45, 2.75) is 6.61 Å². The largest absolute Gasteiger partial charge is 0.487 e. The van der Waals surface area contributed by atoms with E-state index in [0.717, 1.165) is 10.0 Å². The Labute approximate surface area is 118 Å². The Morgan fingerprint density at radius 1 is 1.37 bits per heavy atom. The fourth-order valence-electron chi connectivity index (χ4n) is 1.51. The third-order valence-corrected chi connectivity index (χ3v) is 2.85. The van der Waals surface area contributed by atoms with Gasteiger partial charge in [-0.15, -0.1) is 0 Å². The maximum Gasteiger partial charge on any atom is 0.335 e. The SMILES string of the molecule is Nc1cc(C(=O)O)ccc1OCc1cncc(Br)c1. The van der Waals surface area contributed by atoms with E-state index in [2.05, 4.69) is 20.9 Å². The number of rotatable bonds is 4. The smallest absolute Gasteiger partial charge is 0.335 e. The molecule has 0 aliphatic carbocycles. The number of carboxylic acid groups (broad SMARTS) is 1. The highest BCUT2D eigenvalue weighted by molar-refractivity contribution is 9.10. The third kappa shape index (κ3) is 3.45. The van der Waals surface area contributed by atoms with Crippen molar-refractivity contribution in [3.05, 3.63) is 52.3 Å². The highest BCUT2D eigenvalue weighted by Gasteiger charge is 2.07. The first-order valence-electron chi connectivity index (χ1n) is 5.41. The Kier molecular flexibility index (Phi) is 4.01. The highest BCUT2D eigenvalue weighted by Crippen LogP contribution is 2.23. The van der Waals surface area contributed by atoms with Gasteiger partial charge in [-0.2, -0.15) is 0 Å². The van der Waals surface area contributed by atoms with Crippen molar-refractivity contribution >= 4 is 27.6 Å². The molecule has 3 N–H and O–H groups in total. The van der Waals surface area contributed by atoms with Gasteiger partial charge in [0.25, 0.3) is 0 Å². The molecule has 0 amide bonds. The van der Waals surface area contributed by atoms with Crippen LogP contribution in [0.4, 0.5) is 5.69 Å². The molecule has 19 heavy (non-hydrogen) atoms. The molecule has 2 rings (SSSR count). The summed E-state index contributed by atoms with van der Waals surface area (Å²) < 4.78 is 6.40. The van der Waals surface area contributed by atoms with Gasteiger partial charge in [0.1, 0.15) is 12.4 Å². The number of pyridine rings is 1. The minimum absolute atomic E-state index is 0.133. The van der Waals surface area contributed by atoms with Crippen LogP contribution in [0, 0.1) is 0 Å². The number of carbonyl (C=O) groups is 1. The zero-order valence-corrected chi connectivity index (χ0v) is 11.4. The maximum absolute atomic E-state index is 10.8. The number of hydrogen-bond donors (Lipinski definition) is 2. The molecule has 0 bridgehead atoms. The van der Waals surface area contributed by atoms with Crippen LogP contribution in [-0.4, -0.2) is 16.1 Å². The number of hydrogen-bond acceptors (Lipinski definition) is 4. The van der Waals surface area contributed by atoms with Crippen molar-refractivity contribution in [3.63, 3.8) is 0 Å². The van der Waals surface area contributed by atoms with Crippen LogP contribution in [0.25, 0.3) is 0 Å². The van der Waals surface area contributed by atoms with Crippen LogP contribution >= 0.6 is 15.9 Å². The number of nitrogens with two attached hydrogens (primary N) is 1. The Morgan fingerprint density at radius 2 is 2.16 bits per heavy atom. The Hall–Kier alpha value is -2.08. The molecule has 0 unspecified atom stereocenters. The number of ether oxygens (including phenoxy) is 1. The van der Waals surface area contributed by atoms with Crippen molar-refractivity contribution < 1.29 is 14.6 Å². The van der Waals surface area contributed by atoms with Crippen LogP contribution in [0.1, 0.15) is 15.9 Å². The second kappa shape index (κ2) is 5.71. The van der Waals surface area contributed by atoms with E-state index in [1.807, 2.05) is 6.07 Å². The normalized spacial score (nSPS) is 10.2. The van der Waals surface area contributed by atoms with Crippen molar-refractivity contribution in [2.75, 3.05) is 5.73 Å². The summed E-state index contributed by atoms with van der Waals surface area (Å²) in [4.78, 5) is 14.8. The van der Waals surface area contributed by atoms with Crippen LogP contribution in [0.2, 0.25) is 0 Å². The van der Waals surface area contributed by atoms with Crippen molar-refractivity contribution in [1.29, 1.82) is 0 Å². The second-order valence-electron chi connectivity index (χ2n) is 3.86. The molecule has 0 spiro atoms. The monoisotopic (exact) mass is 322 g/mol. The summed E-state index contributed by atoms with van der Waals surface area (Å²) >= 11 is 3.32. The van der Waals surface area contributed by atoms with Crippen LogP contribution in [0.3, 0.4) is 0 Å². The first-order chi connectivity index (χ1) is 9.06. The summed E-state index contributed by atoms with van der Waals surface area (Å²) in [5, 5.41) is 8.83. The molecule has 0 aliphatic heterocycles. The van der Waals surface area contributed by atoms with Crippen molar-refractivity contribution in [1.82, 2.24) is 4.98 Å². The van der Waals surface area contributed by atoms with Crippen molar-refractivity contribution in [2.24, 2.45) is 0 Å². The molecular weight excluding hydrogens is 312 g/mol. The van der Waals surface area contributed by atoms with E-state index in [1.165, 1.54) is 12.1 Å². The van der Waals surface area contributed by atoms with Gasteiger partial charge >= 0.3 is 5.97 Å². The average Bonchev–Trinajstić information content (AvgIpc) is 2.37. The lowest BCUT2D eigenvalue weighted by atomic mass is 10.2. The minimum atomic E-state index is -1.02. The lowest BCUT2D eigenvalue weighted by Gasteiger charge is -2.09. The van der Waals surface area contributed by atoms with Crippen LogP contribution < -0.4 is 10.5 Å². The summed E-state index contributed by atoms with van der Waals surface area (Å²) in [7, 11) is 0. The standard InChI is InChI=1S/C13H11BrN2O3/c14-10-3-8(5-16-6-10)7-19-12-2-1-9(13(17)18)4-11(12)15/h1-6H,7,15H2,(H,17,18). The van der Waals surface area contributed by atoms with Gasteiger partial charge in [-0.1, -0.05) is 0 Å². The fourth-order valence-corrected chi connectivity index (χ4v) is 1.92. The fraction of sp³-hybridized carbons (Fsp3) is 0.0769. The van der Waals surface area contributed by atoms with E-state index in [9.17, 15) is 4.79 Å². The van der Waals surface area contributed by atoms with Gasteiger partial charge in [0.2, 0.25) is 0 Å². The predicted octanol–water partition coefficient (Wildman–Crippen LogP) is 2.70. The number of carboxylic acids is 1. The maximum atomic E-state index is 10.8. The van der Waals surface area contributed by atoms with Crippen LogP contribution in [0.15, 0.2) is 41.1 Å². The summed E-state index contributed by atoms with van der Waals surface area (Å²) in [5.41, 5.74) is 7.05. The first-order valence-corrected chi connectivity index (χ1v) is 6.20. The molecule has 2 aromatic rings. The van der Waals surface area contributed by atoms with Crippen LogP contribution in [0.5, 0.6) is 5.75 Å². The quantitative estimate of drug-likeness (QED) is 0.845. The lowest BCUT2D eigenvalue weighted by Crippen LogP contribution is -2.02. The van der Waals surface area contributed by atoms with E-state index < -0.39 is 5.97 Å². The summed E-state index contributed by atoms with van der Waals surface area (Å²) in [6, 6.07) is 6.25. The molecule has 1 aromatic heterocycles. The average molecular weight is 323 g/mol. The number of aromatic carboxylic acids is 1. The van der Waals surface area contributed by atoms with Crippen molar-refractivity contribution in [3.8, 4) is 5.75 Å². The minimum Gasteiger partial charge on any atom is -0.487 e. The zero-order valence-electron chi connectivity index (χ0n) is 9.84. The van der Waals surface area contributed by atoms with Gasteiger partial charge < -0.3 is 15.6 Å². The molecule has 0 saturated carbocycles. The molecule has 1 aromatic carbocycles. The topological polar surface area (TPSA) is 85.4 Å². The van der Waals surface area contributed by atoms with E-state index in [1.54, 1.807) is 18.5 Å². The van der Waals surface area contributed by atoms with Gasteiger partial charge in [-0.25, -0.2) is 4.79 Å². The van der Waals surface area contributed by atoms with E-state index >= 15 is 0 Å². The third-order valence-electron chi connectivity index (χ3n) is 2.41. The molecule has 6 heteroatoms. The van der Waals surface area contributed by atoms with E-state index in [4.69, 9.17) is 15.6 Å². The van der Waals surface area contributed by atoms with Crippen LogP contribution in [-0.2, 0) is 6.61 Å². The Morgan fingerprint density at radius 3 is 2.79 bits per heavy atom. The summed E-state index contributed by atoms with van der Waals surface area (Å²) in [5.74, 6) is -0.570. The zero-order chi connectivity index (χ0) is 13.8. The predicted molar refractivity (Wildman–Crippen MR) is 74.1 cm³/mol. The first kappa shape index (κ1) is 13.4. The van der Waals surface area contributed by atoms with Gasteiger partial charge in [-0.3, -0.25) is 4.98 Å².